The molecule has 0 saturated heterocycles. The SMILES string of the molecule is CCSc1cc(C2CC2)cnc1C(=O)O. The van der Waals surface area contributed by atoms with Gasteiger partial charge in [0.15, 0.2) is 5.69 Å². The number of aromatic nitrogens is 1. The number of hydrogen-bond donors (Lipinski definition) is 1. The number of rotatable bonds is 4. The third-order valence-corrected chi connectivity index (χ3v) is 3.34. The summed E-state index contributed by atoms with van der Waals surface area (Å²) < 4.78 is 0. The second kappa shape index (κ2) is 4.23. The fourth-order valence-electron chi connectivity index (χ4n) is 1.53. The molecule has 15 heavy (non-hydrogen) atoms. The summed E-state index contributed by atoms with van der Waals surface area (Å²) in [6, 6.07) is 1.99. The van der Waals surface area contributed by atoms with Crippen LogP contribution in [0.3, 0.4) is 0 Å². The Balaban J connectivity index is 2.34. The van der Waals surface area contributed by atoms with Crippen LogP contribution in [-0.2, 0) is 0 Å². The van der Waals surface area contributed by atoms with Gasteiger partial charge in [-0.1, -0.05) is 6.92 Å². The highest BCUT2D eigenvalue weighted by molar-refractivity contribution is 7.99. The van der Waals surface area contributed by atoms with Gasteiger partial charge in [-0.3, -0.25) is 0 Å². The largest absolute Gasteiger partial charge is 0.476 e. The lowest BCUT2D eigenvalue weighted by Crippen LogP contribution is -2.03. The van der Waals surface area contributed by atoms with Crippen molar-refractivity contribution < 1.29 is 9.90 Å². The highest BCUT2D eigenvalue weighted by Crippen LogP contribution is 2.41. The zero-order chi connectivity index (χ0) is 10.8. The molecule has 1 aromatic rings. The van der Waals surface area contributed by atoms with Gasteiger partial charge in [-0.05, 0) is 36.1 Å². The van der Waals surface area contributed by atoms with Crippen LogP contribution in [0.15, 0.2) is 17.2 Å². The lowest BCUT2D eigenvalue weighted by molar-refractivity contribution is 0.0686. The van der Waals surface area contributed by atoms with Crippen molar-refractivity contribution >= 4 is 17.7 Å². The normalized spacial score (nSPS) is 15.3. The minimum atomic E-state index is -0.937. The van der Waals surface area contributed by atoms with E-state index in [1.54, 1.807) is 18.0 Å². The summed E-state index contributed by atoms with van der Waals surface area (Å²) in [5, 5.41) is 8.96. The standard InChI is InChI=1S/C11H13NO2S/c1-2-15-9-5-8(7-3-4-7)6-12-10(9)11(13)14/h5-7H,2-4H2,1H3,(H,13,14). The van der Waals surface area contributed by atoms with Crippen LogP contribution in [0.4, 0.5) is 0 Å². The molecule has 4 heteroatoms. The van der Waals surface area contributed by atoms with E-state index in [-0.39, 0.29) is 5.69 Å². The summed E-state index contributed by atoms with van der Waals surface area (Å²) in [6.07, 6.45) is 4.13. The molecule has 0 spiro atoms. The number of thioether (sulfide) groups is 1. The van der Waals surface area contributed by atoms with Gasteiger partial charge in [-0.25, -0.2) is 9.78 Å². The molecule has 0 aromatic carbocycles. The molecule has 0 bridgehead atoms. The predicted molar refractivity (Wildman–Crippen MR) is 59.6 cm³/mol. The summed E-state index contributed by atoms with van der Waals surface area (Å²) in [4.78, 5) is 15.8. The Morgan fingerprint density at radius 3 is 2.93 bits per heavy atom. The van der Waals surface area contributed by atoms with Gasteiger partial charge in [0, 0.05) is 11.1 Å². The summed E-state index contributed by atoms with van der Waals surface area (Å²) in [7, 11) is 0. The number of aromatic carboxylic acids is 1. The van der Waals surface area contributed by atoms with Crippen LogP contribution < -0.4 is 0 Å². The van der Waals surface area contributed by atoms with Crippen molar-refractivity contribution in [3.05, 3.63) is 23.5 Å². The first kappa shape index (κ1) is 10.5. The third kappa shape index (κ3) is 2.31. The van der Waals surface area contributed by atoms with Crippen molar-refractivity contribution in [2.45, 2.75) is 30.6 Å². The van der Waals surface area contributed by atoms with Crippen molar-refractivity contribution in [1.29, 1.82) is 0 Å². The molecule has 1 aliphatic rings. The maximum absolute atomic E-state index is 10.9. The Morgan fingerprint density at radius 2 is 2.40 bits per heavy atom. The first-order valence-electron chi connectivity index (χ1n) is 5.08. The predicted octanol–water partition coefficient (Wildman–Crippen LogP) is 2.77. The molecule has 0 radical (unpaired) electrons. The summed E-state index contributed by atoms with van der Waals surface area (Å²) in [6.45, 7) is 2.01. The van der Waals surface area contributed by atoms with Crippen molar-refractivity contribution in [2.75, 3.05) is 5.75 Å². The molecule has 1 aliphatic carbocycles. The van der Waals surface area contributed by atoms with Crippen molar-refractivity contribution in [3.8, 4) is 0 Å². The second-order valence-corrected chi connectivity index (χ2v) is 4.93. The number of carbonyl (C=O) groups is 1. The van der Waals surface area contributed by atoms with Crippen molar-refractivity contribution in [1.82, 2.24) is 4.98 Å². The topological polar surface area (TPSA) is 50.2 Å². The molecule has 3 nitrogen and oxygen atoms in total. The number of carboxylic acid groups (broad SMARTS) is 1. The van der Waals surface area contributed by atoms with Gasteiger partial charge in [0.05, 0.1) is 0 Å². The third-order valence-electron chi connectivity index (χ3n) is 2.43. The van der Waals surface area contributed by atoms with Crippen LogP contribution in [0.25, 0.3) is 0 Å². The molecule has 0 atom stereocenters. The van der Waals surface area contributed by atoms with E-state index < -0.39 is 5.97 Å². The molecule has 0 amide bonds. The quantitative estimate of drug-likeness (QED) is 0.797. The number of nitrogens with zero attached hydrogens (tertiary/aromatic N) is 1. The van der Waals surface area contributed by atoms with Crippen molar-refractivity contribution in [2.24, 2.45) is 0 Å². The Labute approximate surface area is 92.9 Å². The molecule has 1 saturated carbocycles. The van der Waals surface area contributed by atoms with Gasteiger partial charge < -0.3 is 5.11 Å². The molecule has 1 aromatic heterocycles. The minimum absolute atomic E-state index is 0.186. The minimum Gasteiger partial charge on any atom is -0.476 e. The first-order chi connectivity index (χ1) is 7.22. The fraction of sp³-hybridized carbons (Fsp3) is 0.455. The molecule has 1 fully saturated rings. The Kier molecular flexibility index (Phi) is 2.95. The molecule has 0 unspecified atom stereocenters. The van der Waals surface area contributed by atoms with E-state index in [4.69, 9.17) is 5.11 Å². The van der Waals surface area contributed by atoms with E-state index in [2.05, 4.69) is 4.98 Å². The molecule has 2 rings (SSSR count). The van der Waals surface area contributed by atoms with Crippen LogP contribution in [0.1, 0.15) is 41.7 Å². The van der Waals surface area contributed by atoms with E-state index >= 15 is 0 Å². The van der Waals surface area contributed by atoms with E-state index in [0.717, 1.165) is 10.6 Å². The van der Waals surface area contributed by atoms with E-state index in [0.29, 0.717) is 5.92 Å². The lowest BCUT2D eigenvalue weighted by Gasteiger charge is -2.05. The van der Waals surface area contributed by atoms with Gasteiger partial charge in [-0.15, -0.1) is 11.8 Å². The zero-order valence-electron chi connectivity index (χ0n) is 8.56. The molecule has 1 heterocycles. The summed E-state index contributed by atoms with van der Waals surface area (Å²) >= 11 is 1.55. The number of hydrogen-bond acceptors (Lipinski definition) is 3. The maximum Gasteiger partial charge on any atom is 0.355 e. The summed E-state index contributed by atoms with van der Waals surface area (Å²) in [5.41, 5.74) is 1.38. The second-order valence-electron chi connectivity index (χ2n) is 3.63. The fourth-order valence-corrected chi connectivity index (χ4v) is 2.33. The smallest absolute Gasteiger partial charge is 0.355 e. The highest BCUT2D eigenvalue weighted by atomic mass is 32.2. The number of carboxylic acids is 1. The molecule has 1 N–H and O–H groups in total. The Hall–Kier alpha value is -1.03. The zero-order valence-corrected chi connectivity index (χ0v) is 9.38. The maximum atomic E-state index is 10.9. The van der Waals surface area contributed by atoms with Gasteiger partial charge in [0.25, 0.3) is 0 Å². The summed E-state index contributed by atoms with van der Waals surface area (Å²) in [5.74, 6) is 0.556. The average Bonchev–Trinajstić information content (AvgIpc) is 3.01. The van der Waals surface area contributed by atoms with Crippen molar-refractivity contribution in [3.63, 3.8) is 0 Å². The monoisotopic (exact) mass is 223 g/mol. The highest BCUT2D eigenvalue weighted by Gasteiger charge is 2.25. The van der Waals surface area contributed by atoms with Crippen LogP contribution in [-0.4, -0.2) is 21.8 Å². The van der Waals surface area contributed by atoms with Gasteiger partial charge >= 0.3 is 5.97 Å². The van der Waals surface area contributed by atoms with Gasteiger partial charge in [0.2, 0.25) is 0 Å². The van der Waals surface area contributed by atoms with Crippen LogP contribution in [0.2, 0.25) is 0 Å². The number of pyridine rings is 1. The van der Waals surface area contributed by atoms with Gasteiger partial charge in [-0.2, -0.15) is 0 Å². The molecular formula is C11H13NO2S. The Morgan fingerprint density at radius 1 is 1.67 bits per heavy atom. The Bertz CT molecular complexity index is 388. The van der Waals surface area contributed by atoms with Gasteiger partial charge in [0.1, 0.15) is 0 Å². The molecular weight excluding hydrogens is 210 g/mol. The van der Waals surface area contributed by atoms with Crippen LogP contribution in [0.5, 0.6) is 0 Å². The van der Waals surface area contributed by atoms with E-state index in [1.807, 2.05) is 13.0 Å². The molecule has 0 aliphatic heterocycles. The molecule has 80 valence electrons. The van der Waals surface area contributed by atoms with Crippen LogP contribution in [0, 0.1) is 0 Å². The van der Waals surface area contributed by atoms with E-state index in [9.17, 15) is 4.79 Å². The van der Waals surface area contributed by atoms with Crippen LogP contribution >= 0.6 is 11.8 Å². The first-order valence-corrected chi connectivity index (χ1v) is 6.07. The average molecular weight is 223 g/mol. The lowest BCUT2D eigenvalue weighted by atomic mass is 10.2. The van der Waals surface area contributed by atoms with E-state index in [1.165, 1.54) is 18.4 Å².